The second kappa shape index (κ2) is 11.5. The third kappa shape index (κ3) is 6.51. The lowest BCUT2D eigenvalue weighted by atomic mass is 9.99. The minimum atomic E-state index is -1.70. The van der Waals surface area contributed by atoms with Crippen molar-refractivity contribution in [2.45, 2.75) is 30.7 Å². The minimum absolute atomic E-state index is 0.0799. The second-order valence-electron chi connectivity index (χ2n) is 8.78. The molecule has 5 atom stereocenters. The van der Waals surface area contributed by atoms with Gasteiger partial charge in [0.2, 0.25) is 6.29 Å². The van der Waals surface area contributed by atoms with Gasteiger partial charge in [0.15, 0.2) is 17.2 Å². The Morgan fingerprint density at radius 1 is 0.769 bits per heavy atom. The molecule has 3 aromatic carbocycles. The van der Waals surface area contributed by atoms with E-state index in [4.69, 9.17) is 14.2 Å². The van der Waals surface area contributed by atoms with Crippen LogP contribution in [-0.2, 0) is 9.47 Å². The lowest BCUT2D eigenvalue weighted by Gasteiger charge is -2.39. The van der Waals surface area contributed by atoms with E-state index in [0.29, 0.717) is 5.56 Å². The first-order valence-corrected chi connectivity index (χ1v) is 11.6. The van der Waals surface area contributed by atoms with Crippen LogP contribution >= 0.6 is 0 Å². The first-order valence-electron chi connectivity index (χ1n) is 11.6. The molecule has 12 heteroatoms. The average molecular weight is 542 g/mol. The first-order chi connectivity index (χ1) is 18.5. The van der Waals surface area contributed by atoms with Gasteiger partial charge in [-0.1, -0.05) is 24.3 Å². The Kier molecular flexibility index (Phi) is 8.12. The number of ether oxygens (including phenoxy) is 3. The van der Waals surface area contributed by atoms with Crippen LogP contribution in [0.2, 0.25) is 0 Å². The Bertz CT molecular complexity index is 1310. The summed E-state index contributed by atoms with van der Waals surface area (Å²) in [6, 6.07) is 12.4. The number of hydrogen-bond donors (Lipinski definition) is 8. The van der Waals surface area contributed by atoms with E-state index in [0.717, 1.165) is 17.7 Å². The maximum atomic E-state index is 12.3. The number of carbonyl (C=O) groups excluding carboxylic acids is 1. The van der Waals surface area contributed by atoms with Crippen molar-refractivity contribution < 1.29 is 59.9 Å². The summed E-state index contributed by atoms with van der Waals surface area (Å²) in [5, 5.41) is 78.6. The number of carbonyl (C=O) groups is 1. The molecular weight excluding hydrogens is 516 g/mol. The van der Waals surface area contributed by atoms with E-state index in [1.807, 2.05) is 0 Å². The number of aliphatic hydroxyl groups excluding tert-OH is 3. The fourth-order valence-corrected chi connectivity index (χ4v) is 3.81. The Morgan fingerprint density at radius 3 is 1.97 bits per heavy atom. The fourth-order valence-electron chi connectivity index (χ4n) is 3.81. The van der Waals surface area contributed by atoms with Crippen LogP contribution in [0.3, 0.4) is 0 Å². The fraction of sp³-hybridized carbons (Fsp3) is 0.222. The van der Waals surface area contributed by atoms with Crippen LogP contribution in [0.15, 0.2) is 54.6 Å². The van der Waals surface area contributed by atoms with Crippen molar-refractivity contribution in [1.82, 2.24) is 0 Å². The number of rotatable bonds is 7. The quantitative estimate of drug-likeness (QED) is 0.121. The van der Waals surface area contributed by atoms with Crippen molar-refractivity contribution in [2.24, 2.45) is 0 Å². The maximum absolute atomic E-state index is 12.3. The SMILES string of the molecule is O=C(OCC1OC(Oc2ccc(C=Cc3cc(O)cc(O)c3)cc2)C(O)C(O)C1O)c1cc(O)c(O)c(O)c1. The predicted octanol–water partition coefficient (Wildman–Crippen LogP) is 1.43. The zero-order chi connectivity index (χ0) is 28.3. The van der Waals surface area contributed by atoms with E-state index in [9.17, 15) is 45.6 Å². The highest BCUT2D eigenvalue weighted by molar-refractivity contribution is 5.91. The summed E-state index contributed by atoms with van der Waals surface area (Å²) in [7, 11) is 0. The Morgan fingerprint density at radius 2 is 1.36 bits per heavy atom. The summed E-state index contributed by atoms with van der Waals surface area (Å²) in [4.78, 5) is 12.3. The highest BCUT2D eigenvalue weighted by Gasteiger charge is 2.45. The van der Waals surface area contributed by atoms with Gasteiger partial charge >= 0.3 is 5.97 Å². The molecule has 1 saturated heterocycles. The van der Waals surface area contributed by atoms with Gasteiger partial charge in [0, 0.05) is 6.07 Å². The summed E-state index contributed by atoms with van der Waals surface area (Å²) in [5.74, 6) is -3.24. The van der Waals surface area contributed by atoms with Gasteiger partial charge in [0.05, 0.1) is 5.56 Å². The summed E-state index contributed by atoms with van der Waals surface area (Å²) >= 11 is 0. The number of benzene rings is 3. The van der Waals surface area contributed by atoms with Crippen molar-refractivity contribution in [2.75, 3.05) is 6.61 Å². The van der Waals surface area contributed by atoms with Crippen molar-refractivity contribution in [1.29, 1.82) is 0 Å². The van der Waals surface area contributed by atoms with Crippen LogP contribution < -0.4 is 4.74 Å². The van der Waals surface area contributed by atoms with E-state index in [-0.39, 0.29) is 22.8 Å². The molecule has 3 aromatic rings. The molecule has 4 rings (SSSR count). The molecule has 0 saturated carbocycles. The zero-order valence-corrected chi connectivity index (χ0v) is 20.2. The highest BCUT2D eigenvalue weighted by Crippen LogP contribution is 2.35. The number of phenolic OH excluding ortho intramolecular Hbond substituents is 5. The third-order valence-electron chi connectivity index (χ3n) is 5.88. The standard InChI is InChI=1S/C27H26O12/c28-16-7-14(8-17(29)11-16)2-1-13-3-5-18(6-4-13)38-27-25(35)24(34)23(33)21(39-27)12-37-26(36)15-9-19(30)22(32)20(31)10-15/h1-11,21,23-25,27-35H,12H2. The van der Waals surface area contributed by atoms with Gasteiger partial charge in [0.1, 0.15) is 48.3 Å². The van der Waals surface area contributed by atoms with Crippen LogP contribution in [0.1, 0.15) is 21.5 Å². The average Bonchev–Trinajstić information content (AvgIpc) is 2.90. The molecule has 0 aromatic heterocycles. The molecule has 1 aliphatic heterocycles. The van der Waals surface area contributed by atoms with Crippen LogP contribution in [0.5, 0.6) is 34.5 Å². The van der Waals surface area contributed by atoms with E-state index < -0.39 is 60.5 Å². The Hall–Kier alpha value is -4.49. The lowest BCUT2D eigenvalue weighted by Crippen LogP contribution is -2.60. The Balaban J connectivity index is 1.38. The largest absolute Gasteiger partial charge is 0.508 e. The van der Waals surface area contributed by atoms with Crippen molar-refractivity contribution in [3.05, 3.63) is 71.3 Å². The highest BCUT2D eigenvalue weighted by atomic mass is 16.7. The number of hydrogen-bond acceptors (Lipinski definition) is 12. The molecule has 5 unspecified atom stereocenters. The summed E-state index contributed by atoms with van der Waals surface area (Å²) in [6.07, 6.45) is -4.33. The molecule has 1 fully saturated rings. The maximum Gasteiger partial charge on any atom is 0.338 e. The Labute approximate surface area is 221 Å². The van der Waals surface area contributed by atoms with Crippen molar-refractivity contribution in [3.63, 3.8) is 0 Å². The number of esters is 1. The normalized spacial score (nSPS) is 23.0. The zero-order valence-electron chi connectivity index (χ0n) is 20.2. The van der Waals surface area contributed by atoms with Gasteiger partial charge in [-0.25, -0.2) is 4.79 Å². The molecule has 0 bridgehead atoms. The van der Waals surface area contributed by atoms with Gasteiger partial charge in [-0.2, -0.15) is 0 Å². The monoisotopic (exact) mass is 542 g/mol. The summed E-state index contributed by atoms with van der Waals surface area (Å²) in [5.41, 5.74) is 1.02. The molecular formula is C27H26O12. The van der Waals surface area contributed by atoms with Crippen LogP contribution in [-0.4, -0.2) is 84.1 Å². The van der Waals surface area contributed by atoms with E-state index in [2.05, 4.69) is 0 Å². The molecule has 0 amide bonds. The summed E-state index contributed by atoms with van der Waals surface area (Å²) in [6.45, 7) is -0.583. The molecule has 12 nitrogen and oxygen atoms in total. The van der Waals surface area contributed by atoms with Crippen molar-refractivity contribution in [3.8, 4) is 34.5 Å². The molecule has 8 N–H and O–H groups in total. The number of phenols is 5. The molecule has 0 radical (unpaired) electrons. The van der Waals surface area contributed by atoms with Gasteiger partial charge in [-0.3, -0.25) is 0 Å². The number of aromatic hydroxyl groups is 5. The van der Waals surface area contributed by atoms with Crippen LogP contribution in [0.4, 0.5) is 0 Å². The molecule has 1 aliphatic rings. The van der Waals surface area contributed by atoms with Gasteiger partial charge in [-0.15, -0.1) is 0 Å². The molecule has 39 heavy (non-hydrogen) atoms. The topological polar surface area (TPSA) is 207 Å². The number of aliphatic hydroxyl groups is 3. The van der Waals surface area contributed by atoms with Crippen LogP contribution in [0, 0.1) is 0 Å². The van der Waals surface area contributed by atoms with Gasteiger partial charge < -0.3 is 55.1 Å². The predicted molar refractivity (Wildman–Crippen MR) is 134 cm³/mol. The molecule has 1 heterocycles. The first kappa shape index (κ1) is 27.5. The second-order valence-corrected chi connectivity index (χ2v) is 8.78. The molecule has 0 aliphatic carbocycles. The molecule has 0 spiro atoms. The van der Waals surface area contributed by atoms with E-state index in [1.165, 1.54) is 18.2 Å². The smallest absolute Gasteiger partial charge is 0.338 e. The van der Waals surface area contributed by atoms with E-state index in [1.54, 1.807) is 36.4 Å². The summed E-state index contributed by atoms with van der Waals surface area (Å²) < 4.78 is 16.2. The van der Waals surface area contributed by atoms with Crippen molar-refractivity contribution >= 4 is 18.1 Å². The van der Waals surface area contributed by atoms with Crippen LogP contribution in [0.25, 0.3) is 12.2 Å². The third-order valence-corrected chi connectivity index (χ3v) is 5.88. The lowest BCUT2D eigenvalue weighted by molar-refractivity contribution is -0.277. The van der Waals surface area contributed by atoms with Gasteiger partial charge in [0.25, 0.3) is 0 Å². The molecule has 206 valence electrons. The minimum Gasteiger partial charge on any atom is -0.508 e. The van der Waals surface area contributed by atoms with Gasteiger partial charge in [-0.05, 0) is 47.5 Å². The van der Waals surface area contributed by atoms with E-state index >= 15 is 0 Å².